The molecule has 0 saturated heterocycles. The van der Waals surface area contributed by atoms with E-state index >= 15 is 0 Å². The van der Waals surface area contributed by atoms with Gasteiger partial charge in [0.25, 0.3) is 0 Å². The van der Waals surface area contributed by atoms with E-state index in [2.05, 4.69) is 20.2 Å². The maximum atomic E-state index is 11.3. The van der Waals surface area contributed by atoms with Crippen molar-refractivity contribution in [1.29, 1.82) is 0 Å². The molecule has 18 heavy (non-hydrogen) atoms. The van der Waals surface area contributed by atoms with Gasteiger partial charge < -0.3 is 4.57 Å². The molecular weight excluding hydrogens is 250 g/mol. The molecule has 1 aliphatic rings. The maximum absolute atomic E-state index is 11.3. The molecule has 0 aromatic carbocycles. The van der Waals surface area contributed by atoms with Crippen LogP contribution in [0.1, 0.15) is 32.0 Å². The van der Waals surface area contributed by atoms with Crippen LogP contribution in [0.4, 0.5) is 0 Å². The molecule has 6 nitrogen and oxygen atoms in total. The highest BCUT2D eigenvalue weighted by Gasteiger charge is 2.17. The Morgan fingerprint density at radius 3 is 3.11 bits per heavy atom. The van der Waals surface area contributed by atoms with Gasteiger partial charge in [-0.25, -0.2) is 5.84 Å². The summed E-state index contributed by atoms with van der Waals surface area (Å²) < 4.78 is 2.19. The molecule has 1 atom stereocenters. The van der Waals surface area contributed by atoms with Crippen molar-refractivity contribution in [2.45, 2.75) is 44.3 Å². The number of nitrogens with two attached hydrogens (primary N) is 1. The third-order valence-corrected chi connectivity index (χ3v) is 4.35. The lowest BCUT2D eigenvalue weighted by atomic mass is 10.2. The molecule has 0 saturated carbocycles. The second-order valence-electron chi connectivity index (χ2n) is 4.58. The molecule has 0 fully saturated rings. The fraction of sp³-hybridized carbons (Fsp3) is 0.727. The Bertz CT molecular complexity index is 420. The molecule has 1 aromatic rings. The van der Waals surface area contributed by atoms with E-state index < -0.39 is 0 Å². The van der Waals surface area contributed by atoms with Gasteiger partial charge in [0.15, 0.2) is 5.16 Å². The van der Waals surface area contributed by atoms with Gasteiger partial charge in [0.2, 0.25) is 5.91 Å². The normalized spacial score (nSPS) is 16.8. The minimum absolute atomic E-state index is 0.126. The maximum Gasteiger partial charge on any atom is 0.237 e. The van der Waals surface area contributed by atoms with Crippen LogP contribution in [0.25, 0.3) is 0 Å². The zero-order chi connectivity index (χ0) is 13.0. The summed E-state index contributed by atoms with van der Waals surface area (Å²) >= 11 is 1.58. The molecular formula is C11H19N5OS. The predicted molar refractivity (Wildman–Crippen MR) is 69.8 cm³/mol. The van der Waals surface area contributed by atoms with Gasteiger partial charge >= 0.3 is 0 Å². The van der Waals surface area contributed by atoms with Crippen LogP contribution in [0.15, 0.2) is 5.16 Å². The number of carbonyl (C=O) groups is 1. The van der Waals surface area contributed by atoms with Crippen molar-refractivity contribution in [2.75, 3.05) is 5.75 Å². The molecule has 0 spiro atoms. The number of amides is 1. The van der Waals surface area contributed by atoms with Crippen LogP contribution in [0.5, 0.6) is 0 Å². The third-order valence-electron chi connectivity index (χ3n) is 3.13. The zero-order valence-electron chi connectivity index (χ0n) is 10.6. The first-order valence-corrected chi connectivity index (χ1v) is 7.26. The molecule has 1 aliphatic heterocycles. The fourth-order valence-corrected chi connectivity index (χ4v) is 2.98. The van der Waals surface area contributed by atoms with Crippen LogP contribution in [0, 0.1) is 5.92 Å². The average molecular weight is 269 g/mol. The first kappa shape index (κ1) is 13.4. The molecule has 0 bridgehead atoms. The van der Waals surface area contributed by atoms with Gasteiger partial charge in [-0.15, -0.1) is 10.2 Å². The second-order valence-corrected chi connectivity index (χ2v) is 5.57. The summed E-state index contributed by atoms with van der Waals surface area (Å²) in [5.74, 6) is 6.59. The largest absolute Gasteiger partial charge is 0.306 e. The molecule has 0 aliphatic carbocycles. The van der Waals surface area contributed by atoms with Crippen molar-refractivity contribution in [3.63, 3.8) is 0 Å². The number of fused-ring (bicyclic) bond motifs is 1. The summed E-state index contributed by atoms with van der Waals surface area (Å²) in [5.41, 5.74) is 2.17. The number of aromatic nitrogens is 3. The highest BCUT2D eigenvalue weighted by molar-refractivity contribution is 7.99. The molecule has 2 heterocycles. The second kappa shape index (κ2) is 6.19. The average Bonchev–Trinajstić information content (AvgIpc) is 2.62. The Kier molecular flexibility index (Phi) is 4.60. The first-order chi connectivity index (χ1) is 8.72. The first-order valence-electron chi connectivity index (χ1n) is 6.27. The van der Waals surface area contributed by atoms with Crippen molar-refractivity contribution >= 4 is 17.7 Å². The topological polar surface area (TPSA) is 85.8 Å². The van der Waals surface area contributed by atoms with E-state index in [1.807, 2.05) is 6.92 Å². The minimum atomic E-state index is -0.141. The van der Waals surface area contributed by atoms with Crippen molar-refractivity contribution in [1.82, 2.24) is 20.2 Å². The Morgan fingerprint density at radius 2 is 2.33 bits per heavy atom. The number of carbonyl (C=O) groups excluding carboxylic acids is 1. The quantitative estimate of drug-likeness (QED) is 0.364. The van der Waals surface area contributed by atoms with Crippen molar-refractivity contribution in [3.8, 4) is 0 Å². The van der Waals surface area contributed by atoms with Gasteiger partial charge in [0.1, 0.15) is 5.82 Å². The van der Waals surface area contributed by atoms with Gasteiger partial charge in [0, 0.05) is 24.6 Å². The van der Waals surface area contributed by atoms with E-state index in [0.717, 1.165) is 23.9 Å². The van der Waals surface area contributed by atoms with Gasteiger partial charge in [-0.2, -0.15) is 0 Å². The Hall–Kier alpha value is -1.08. The van der Waals surface area contributed by atoms with Crippen LogP contribution >= 0.6 is 11.8 Å². The molecule has 1 amide bonds. The lowest BCUT2D eigenvalue weighted by molar-refractivity contribution is -0.123. The number of nitrogens with zero attached hydrogens (tertiary/aromatic N) is 3. The highest BCUT2D eigenvalue weighted by atomic mass is 32.2. The van der Waals surface area contributed by atoms with E-state index in [0.29, 0.717) is 5.75 Å². The molecule has 100 valence electrons. The van der Waals surface area contributed by atoms with Crippen LogP contribution in [0.3, 0.4) is 0 Å². The number of aryl methyl sites for hydroxylation is 1. The smallest absolute Gasteiger partial charge is 0.237 e. The summed E-state index contributed by atoms with van der Waals surface area (Å²) in [6, 6.07) is 0. The van der Waals surface area contributed by atoms with Gasteiger partial charge in [0.05, 0.1) is 0 Å². The summed E-state index contributed by atoms with van der Waals surface area (Å²) in [7, 11) is 0. The third kappa shape index (κ3) is 3.02. The summed E-state index contributed by atoms with van der Waals surface area (Å²) in [5, 5.41) is 9.36. The van der Waals surface area contributed by atoms with Crippen molar-refractivity contribution < 1.29 is 4.79 Å². The van der Waals surface area contributed by atoms with Gasteiger partial charge in [-0.3, -0.25) is 10.2 Å². The molecule has 1 aromatic heterocycles. The van der Waals surface area contributed by atoms with Crippen molar-refractivity contribution in [3.05, 3.63) is 5.82 Å². The number of hydrazine groups is 1. The Labute approximate surface area is 111 Å². The monoisotopic (exact) mass is 269 g/mol. The highest BCUT2D eigenvalue weighted by Crippen LogP contribution is 2.23. The zero-order valence-corrected chi connectivity index (χ0v) is 11.4. The molecule has 2 rings (SSSR count). The van der Waals surface area contributed by atoms with Crippen LogP contribution in [0.2, 0.25) is 0 Å². The SMILES string of the molecule is CC(CSc1nnc2n1CCCCC2)C(=O)NN. The Morgan fingerprint density at radius 1 is 1.50 bits per heavy atom. The summed E-state index contributed by atoms with van der Waals surface area (Å²) in [6.45, 7) is 2.84. The molecule has 3 N–H and O–H groups in total. The van der Waals surface area contributed by atoms with Gasteiger partial charge in [-0.05, 0) is 12.8 Å². The number of rotatable bonds is 4. The van der Waals surface area contributed by atoms with Crippen LogP contribution in [-0.2, 0) is 17.8 Å². The molecule has 1 unspecified atom stereocenters. The number of thioether (sulfide) groups is 1. The van der Waals surface area contributed by atoms with Crippen LogP contribution in [-0.4, -0.2) is 26.4 Å². The molecule has 7 heteroatoms. The van der Waals surface area contributed by atoms with E-state index in [4.69, 9.17) is 5.84 Å². The lowest BCUT2D eigenvalue weighted by Crippen LogP contribution is -2.35. The van der Waals surface area contributed by atoms with E-state index in [1.165, 1.54) is 19.3 Å². The summed E-state index contributed by atoms with van der Waals surface area (Å²) in [6.07, 6.45) is 4.62. The Balaban J connectivity index is 1.98. The van der Waals surface area contributed by atoms with E-state index in [1.54, 1.807) is 11.8 Å². The predicted octanol–water partition coefficient (Wildman–Crippen LogP) is 0.723. The lowest BCUT2D eigenvalue weighted by Gasteiger charge is -2.10. The summed E-state index contributed by atoms with van der Waals surface area (Å²) in [4.78, 5) is 11.3. The van der Waals surface area contributed by atoms with Gasteiger partial charge in [-0.1, -0.05) is 25.1 Å². The number of hydrogen-bond acceptors (Lipinski definition) is 5. The number of nitrogens with one attached hydrogen (secondary N) is 1. The molecule has 0 radical (unpaired) electrons. The number of hydrogen-bond donors (Lipinski definition) is 2. The fourth-order valence-electron chi connectivity index (χ4n) is 1.98. The van der Waals surface area contributed by atoms with Crippen molar-refractivity contribution in [2.24, 2.45) is 11.8 Å². The van der Waals surface area contributed by atoms with E-state index in [9.17, 15) is 4.79 Å². The van der Waals surface area contributed by atoms with Crippen LogP contribution < -0.4 is 11.3 Å². The standard InChI is InChI=1S/C11H19N5OS/c1-8(10(17)13-12)7-18-11-15-14-9-5-3-2-4-6-16(9)11/h8H,2-7,12H2,1H3,(H,13,17). The van der Waals surface area contributed by atoms with E-state index in [-0.39, 0.29) is 11.8 Å². The minimum Gasteiger partial charge on any atom is -0.306 e.